The molecule has 0 radical (unpaired) electrons. The molecule has 2 N–H and O–H groups in total. The number of hydrogen-bond donors (Lipinski definition) is 1. The lowest BCUT2D eigenvalue weighted by Crippen LogP contribution is -2.37. The van der Waals surface area contributed by atoms with Gasteiger partial charge in [-0.3, -0.25) is 0 Å². The van der Waals surface area contributed by atoms with Crippen LogP contribution in [0.3, 0.4) is 0 Å². The van der Waals surface area contributed by atoms with Crippen LogP contribution in [-0.4, -0.2) is 16.1 Å². The second-order valence-electron chi connectivity index (χ2n) is 7.26. The highest BCUT2D eigenvalue weighted by Crippen LogP contribution is 2.66. The molecule has 0 saturated heterocycles. The van der Waals surface area contributed by atoms with E-state index in [1.807, 2.05) is 6.92 Å². The fraction of sp³-hybridized carbons (Fsp3) is 0.750. The molecular weight excluding hydrogens is 250 g/mol. The van der Waals surface area contributed by atoms with E-state index in [2.05, 4.69) is 30.7 Å². The van der Waals surface area contributed by atoms with E-state index in [1.54, 1.807) is 6.07 Å². The first-order valence-corrected chi connectivity index (χ1v) is 7.54. The summed E-state index contributed by atoms with van der Waals surface area (Å²) in [6.07, 6.45) is 4.11. The summed E-state index contributed by atoms with van der Waals surface area (Å²) in [5.41, 5.74) is 7.33. The van der Waals surface area contributed by atoms with Gasteiger partial charge in [-0.15, -0.1) is 0 Å². The van der Waals surface area contributed by atoms with Crippen molar-refractivity contribution >= 4 is 5.82 Å². The Morgan fingerprint density at radius 1 is 1.35 bits per heavy atom. The molecule has 2 fully saturated rings. The van der Waals surface area contributed by atoms with E-state index >= 15 is 0 Å². The fourth-order valence-corrected chi connectivity index (χ4v) is 4.28. The standard InChI is InChI=1S/C16H25N3O/c1-10-7-13(17)19-14(18-10)9-20-12-8-11-5-6-16(12,4)15(11,2)3/h7,11-12H,5-6,8-9H2,1-4H3,(H2,17,18,19). The van der Waals surface area contributed by atoms with E-state index in [1.165, 1.54) is 19.3 Å². The second-order valence-corrected chi connectivity index (χ2v) is 7.26. The topological polar surface area (TPSA) is 61.0 Å². The predicted molar refractivity (Wildman–Crippen MR) is 79.0 cm³/mol. The Morgan fingerprint density at radius 2 is 2.10 bits per heavy atom. The van der Waals surface area contributed by atoms with Crippen molar-refractivity contribution in [3.05, 3.63) is 17.6 Å². The molecule has 4 nitrogen and oxygen atoms in total. The molecule has 0 aliphatic heterocycles. The number of anilines is 1. The van der Waals surface area contributed by atoms with Gasteiger partial charge >= 0.3 is 0 Å². The summed E-state index contributed by atoms with van der Waals surface area (Å²) in [7, 11) is 0. The molecule has 3 atom stereocenters. The first-order valence-electron chi connectivity index (χ1n) is 7.54. The van der Waals surface area contributed by atoms with Crippen molar-refractivity contribution in [3.8, 4) is 0 Å². The van der Waals surface area contributed by atoms with Gasteiger partial charge in [-0.25, -0.2) is 9.97 Å². The number of nitrogens with two attached hydrogens (primary N) is 1. The third-order valence-corrected chi connectivity index (χ3v) is 6.05. The van der Waals surface area contributed by atoms with Gasteiger partial charge in [0.2, 0.25) is 0 Å². The van der Waals surface area contributed by atoms with Crippen LogP contribution in [0.5, 0.6) is 0 Å². The number of nitrogens with zero attached hydrogens (tertiary/aromatic N) is 2. The van der Waals surface area contributed by atoms with E-state index in [9.17, 15) is 0 Å². The number of rotatable bonds is 3. The molecule has 1 aromatic heterocycles. The molecule has 0 spiro atoms. The van der Waals surface area contributed by atoms with E-state index in [0.717, 1.165) is 11.6 Å². The Bertz CT molecular complexity index is 508. The average Bonchev–Trinajstić information content (AvgIpc) is 2.67. The van der Waals surface area contributed by atoms with E-state index in [-0.39, 0.29) is 5.41 Å². The maximum Gasteiger partial charge on any atom is 0.156 e. The quantitative estimate of drug-likeness (QED) is 0.920. The second kappa shape index (κ2) is 4.42. The molecule has 2 aliphatic carbocycles. The summed E-state index contributed by atoms with van der Waals surface area (Å²) in [4.78, 5) is 8.66. The van der Waals surface area contributed by atoms with Gasteiger partial charge in [0.25, 0.3) is 0 Å². The molecule has 1 heterocycles. The van der Waals surface area contributed by atoms with Gasteiger partial charge in [0.1, 0.15) is 12.4 Å². The summed E-state index contributed by atoms with van der Waals surface area (Å²) in [6.45, 7) is 9.58. The van der Waals surface area contributed by atoms with Gasteiger partial charge in [-0.2, -0.15) is 0 Å². The molecule has 2 saturated carbocycles. The fourth-order valence-electron chi connectivity index (χ4n) is 4.28. The summed E-state index contributed by atoms with van der Waals surface area (Å²) < 4.78 is 6.19. The number of hydrogen-bond acceptors (Lipinski definition) is 4. The Balaban J connectivity index is 1.71. The maximum absolute atomic E-state index is 6.19. The van der Waals surface area contributed by atoms with Crippen LogP contribution in [0, 0.1) is 23.7 Å². The molecule has 0 aromatic carbocycles. The normalized spacial score (nSPS) is 34.6. The minimum atomic E-state index is 0.285. The minimum Gasteiger partial charge on any atom is -0.384 e. The zero-order chi connectivity index (χ0) is 14.5. The molecule has 0 amide bonds. The first-order chi connectivity index (χ1) is 9.33. The largest absolute Gasteiger partial charge is 0.384 e. The summed E-state index contributed by atoms with van der Waals surface area (Å²) in [5, 5.41) is 0. The van der Waals surface area contributed by atoms with Crippen LogP contribution in [0.25, 0.3) is 0 Å². The van der Waals surface area contributed by atoms with Gasteiger partial charge in [0, 0.05) is 11.8 Å². The zero-order valence-corrected chi connectivity index (χ0v) is 12.9. The van der Waals surface area contributed by atoms with Crippen molar-refractivity contribution in [3.63, 3.8) is 0 Å². The third-order valence-electron chi connectivity index (χ3n) is 6.05. The summed E-state index contributed by atoms with van der Waals surface area (Å²) in [5.74, 6) is 2.02. The van der Waals surface area contributed by atoms with E-state index in [0.29, 0.717) is 29.8 Å². The minimum absolute atomic E-state index is 0.285. The monoisotopic (exact) mass is 275 g/mol. The van der Waals surface area contributed by atoms with Crippen LogP contribution in [0.15, 0.2) is 6.07 Å². The lowest BCUT2D eigenvalue weighted by atomic mass is 9.70. The highest BCUT2D eigenvalue weighted by atomic mass is 16.5. The van der Waals surface area contributed by atoms with Gasteiger partial charge in [-0.1, -0.05) is 20.8 Å². The lowest BCUT2D eigenvalue weighted by Gasteiger charge is -2.38. The first kappa shape index (κ1) is 13.8. The Hall–Kier alpha value is -1.16. The van der Waals surface area contributed by atoms with E-state index < -0.39 is 0 Å². The van der Waals surface area contributed by atoms with Crippen molar-refractivity contribution in [1.82, 2.24) is 9.97 Å². The Kier molecular flexibility index (Phi) is 3.05. The summed E-state index contributed by atoms with van der Waals surface area (Å²) >= 11 is 0. The lowest BCUT2D eigenvalue weighted by molar-refractivity contribution is -0.0570. The number of nitrogen functional groups attached to an aromatic ring is 1. The number of aryl methyl sites for hydroxylation is 1. The zero-order valence-electron chi connectivity index (χ0n) is 12.9. The smallest absolute Gasteiger partial charge is 0.156 e. The molecule has 2 aliphatic rings. The van der Waals surface area contributed by atoms with Crippen LogP contribution in [0.2, 0.25) is 0 Å². The van der Waals surface area contributed by atoms with Crippen molar-refractivity contribution in [1.29, 1.82) is 0 Å². The average molecular weight is 275 g/mol. The summed E-state index contributed by atoms with van der Waals surface area (Å²) in [6, 6.07) is 1.78. The Labute approximate surface area is 121 Å². The molecule has 2 bridgehead atoms. The van der Waals surface area contributed by atoms with Gasteiger partial charge < -0.3 is 10.5 Å². The molecule has 110 valence electrons. The van der Waals surface area contributed by atoms with E-state index in [4.69, 9.17) is 10.5 Å². The highest BCUT2D eigenvalue weighted by Gasteiger charge is 2.61. The van der Waals surface area contributed by atoms with Crippen LogP contribution in [0.4, 0.5) is 5.82 Å². The number of aromatic nitrogens is 2. The van der Waals surface area contributed by atoms with Gasteiger partial charge in [0.05, 0.1) is 6.10 Å². The molecule has 1 aromatic rings. The predicted octanol–water partition coefficient (Wildman–Crippen LogP) is 3.10. The van der Waals surface area contributed by atoms with Crippen LogP contribution in [-0.2, 0) is 11.3 Å². The van der Waals surface area contributed by atoms with Crippen molar-refractivity contribution in [2.45, 2.75) is 59.7 Å². The molecule has 3 unspecified atom stereocenters. The van der Waals surface area contributed by atoms with Crippen LogP contribution in [0.1, 0.15) is 51.6 Å². The number of fused-ring (bicyclic) bond motifs is 2. The molecular formula is C16H25N3O. The van der Waals surface area contributed by atoms with Crippen molar-refractivity contribution in [2.75, 3.05) is 5.73 Å². The van der Waals surface area contributed by atoms with Crippen LogP contribution < -0.4 is 5.73 Å². The van der Waals surface area contributed by atoms with Crippen LogP contribution >= 0.6 is 0 Å². The van der Waals surface area contributed by atoms with Gasteiger partial charge in [-0.05, 0) is 42.9 Å². The van der Waals surface area contributed by atoms with Crippen molar-refractivity contribution in [2.24, 2.45) is 16.7 Å². The number of ether oxygens (including phenoxy) is 1. The third kappa shape index (κ3) is 1.93. The van der Waals surface area contributed by atoms with Gasteiger partial charge in [0.15, 0.2) is 5.82 Å². The highest BCUT2D eigenvalue weighted by molar-refractivity contribution is 5.29. The SMILES string of the molecule is Cc1cc(N)nc(COC2CC3CCC2(C)C3(C)C)n1. The molecule has 4 heteroatoms. The van der Waals surface area contributed by atoms with Crippen molar-refractivity contribution < 1.29 is 4.74 Å². The maximum atomic E-state index is 6.19. The molecule has 20 heavy (non-hydrogen) atoms. The Morgan fingerprint density at radius 3 is 2.65 bits per heavy atom. The molecule has 3 rings (SSSR count).